The molecule has 0 radical (unpaired) electrons. The number of nitriles is 1. The highest BCUT2D eigenvalue weighted by Gasteiger charge is 2.42. The highest BCUT2D eigenvalue weighted by atomic mass is 19.1. The average Bonchev–Trinajstić information content (AvgIpc) is 3.44. The second kappa shape index (κ2) is 7.32. The maximum absolute atomic E-state index is 14.6. The van der Waals surface area contributed by atoms with Gasteiger partial charge in [-0.3, -0.25) is 0 Å². The Bertz CT molecular complexity index is 1350. The first-order valence-corrected chi connectivity index (χ1v) is 9.62. The van der Waals surface area contributed by atoms with Crippen LogP contribution in [0.3, 0.4) is 0 Å². The van der Waals surface area contributed by atoms with Gasteiger partial charge in [0.2, 0.25) is 5.88 Å². The first kappa shape index (κ1) is 18.9. The van der Waals surface area contributed by atoms with Crippen molar-refractivity contribution < 1.29 is 13.9 Å². The van der Waals surface area contributed by atoms with Crippen LogP contribution < -0.4 is 9.47 Å². The molecule has 0 N–H and O–H groups in total. The van der Waals surface area contributed by atoms with Crippen molar-refractivity contribution in [3.05, 3.63) is 65.4 Å². The third kappa shape index (κ3) is 3.22. The molecule has 1 fully saturated rings. The third-order valence-electron chi connectivity index (χ3n) is 5.49. The van der Waals surface area contributed by atoms with Crippen molar-refractivity contribution in [2.45, 2.75) is 18.3 Å². The Morgan fingerprint density at radius 1 is 1.13 bits per heavy atom. The molecule has 9 heteroatoms. The van der Waals surface area contributed by atoms with E-state index in [-0.39, 0.29) is 23.7 Å². The summed E-state index contributed by atoms with van der Waals surface area (Å²) in [7, 11) is 3.00. The molecule has 8 nitrogen and oxygen atoms in total. The summed E-state index contributed by atoms with van der Waals surface area (Å²) in [5, 5.41) is 13.6. The molecule has 1 aliphatic rings. The number of imidazole rings is 1. The second-order valence-electron chi connectivity index (χ2n) is 7.26. The van der Waals surface area contributed by atoms with Gasteiger partial charge in [-0.25, -0.2) is 18.9 Å². The molecule has 31 heavy (non-hydrogen) atoms. The number of benzene rings is 1. The van der Waals surface area contributed by atoms with E-state index in [4.69, 9.17) is 14.7 Å². The van der Waals surface area contributed by atoms with Gasteiger partial charge in [0, 0.05) is 24.2 Å². The Labute approximate surface area is 176 Å². The first-order valence-electron chi connectivity index (χ1n) is 9.62. The number of nitrogens with zero attached hydrogens (tertiary/aromatic N) is 6. The molecule has 1 saturated carbocycles. The molecule has 1 aromatic carbocycles. The minimum atomic E-state index is -0.356. The summed E-state index contributed by atoms with van der Waals surface area (Å²) in [6.45, 7) is 0. The number of methoxy groups -OCH3 is 2. The molecule has 2 atom stereocenters. The number of aromatic nitrogens is 5. The van der Waals surface area contributed by atoms with Crippen LogP contribution in [0.15, 0.2) is 42.9 Å². The summed E-state index contributed by atoms with van der Waals surface area (Å²) < 4.78 is 26.7. The van der Waals surface area contributed by atoms with Gasteiger partial charge in [0.1, 0.15) is 5.82 Å². The number of halogens is 1. The Morgan fingerprint density at radius 3 is 2.71 bits per heavy atom. The van der Waals surface area contributed by atoms with Gasteiger partial charge in [-0.2, -0.15) is 15.3 Å². The lowest BCUT2D eigenvalue weighted by molar-refractivity contribution is 0.353. The maximum Gasteiger partial charge on any atom is 0.319 e. The van der Waals surface area contributed by atoms with Crippen LogP contribution in [0.1, 0.15) is 34.9 Å². The molecular formula is C22H17FN6O2. The lowest BCUT2D eigenvalue weighted by atomic mass is 10.0. The average molecular weight is 416 g/mol. The molecule has 0 unspecified atom stereocenters. The van der Waals surface area contributed by atoms with Crippen LogP contribution in [-0.2, 0) is 0 Å². The van der Waals surface area contributed by atoms with Crippen LogP contribution in [0.5, 0.6) is 11.9 Å². The maximum atomic E-state index is 14.6. The van der Waals surface area contributed by atoms with Gasteiger partial charge in [-0.15, -0.1) is 0 Å². The predicted molar refractivity (Wildman–Crippen MR) is 108 cm³/mol. The van der Waals surface area contributed by atoms with Crippen LogP contribution in [0.2, 0.25) is 0 Å². The largest absolute Gasteiger partial charge is 0.480 e. The third-order valence-corrected chi connectivity index (χ3v) is 5.49. The zero-order chi connectivity index (χ0) is 21.5. The quantitative estimate of drug-likeness (QED) is 0.491. The number of fused-ring (bicyclic) bond motifs is 1. The van der Waals surface area contributed by atoms with E-state index in [9.17, 15) is 4.39 Å². The molecule has 1 aliphatic carbocycles. The topological polar surface area (TPSA) is 98.2 Å². The van der Waals surface area contributed by atoms with Gasteiger partial charge in [-0.05, 0) is 42.0 Å². The Balaban J connectivity index is 1.57. The van der Waals surface area contributed by atoms with E-state index in [1.807, 2.05) is 12.1 Å². The zero-order valence-electron chi connectivity index (χ0n) is 16.8. The fourth-order valence-corrected chi connectivity index (χ4v) is 3.91. The van der Waals surface area contributed by atoms with Crippen molar-refractivity contribution in [2.24, 2.45) is 0 Å². The van der Waals surface area contributed by atoms with E-state index < -0.39 is 0 Å². The summed E-state index contributed by atoms with van der Waals surface area (Å²) in [5.74, 6) is 0.0809. The van der Waals surface area contributed by atoms with Crippen LogP contribution >= 0.6 is 0 Å². The van der Waals surface area contributed by atoms with E-state index in [0.717, 1.165) is 17.6 Å². The lowest BCUT2D eigenvalue weighted by Crippen LogP contribution is -2.02. The van der Waals surface area contributed by atoms with E-state index in [1.165, 1.54) is 20.3 Å². The molecule has 0 amide bonds. The van der Waals surface area contributed by atoms with Gasteiger partial charge >= 0.3 is 6.01 Å². The molecule has 3 heterocycles. The zero-order valence-corrected chi connectivity index (χ0v) is 16.8. The van der Waals surface area contributed by atoms with Gasteiger partial charge in [0.25, 0.3) is 0 Å². The standard InChI is InChI=1S/C22H17FN6O2/c1-30-21-17(11-26-22(27-21)31-2)19-9-16(20-25-5-6-29(20)28-19)15-8-14(15)13-4-3-12(10-24)7-18(13)23/h3-7,9,11,14-15H,8H2,1-2H3/t14-,15+/m1/s1. The SMILES string of the molecule is COc1ncc(-c2cc([C@H]3C[C@@H]3c3ccc(C#N)cc3F)c3nccn3n2)c(OC)n1. The smallest absolute Gasteiger partial charge is 0.319 e. The van der Waals surface area contributed by atoms with E-state index in [0.29, 0.717) is 28.3 Å². The minimum Gasteiger partial charge on any atom is -0.480 e. The first-order chi connectivity index (χ1) is 15.1. The summed E-state index contributed by atoms with van der Waals surface area (Å²) in [6, 6.07) is 8.73. The predicted octanol–water partition coefficient (Wildman–Crippen LogP) is 3.49. The summed E-state index contributed by atoms with van der Waals surface area (Å²) in [6.07, 6.45) is 5.82. The van der Waals surface area contributed by atoms with Gasteiger partial charge < -0.3 is 9.47 Å². The number of hydrogen-bond donors (Lipinski definition) is 0. The van der Waals surface area contributed by atoms with Crippen molar-refractivity contribution in [3.8, 4) is 29.2 Å². The monoisotopic (exact) mass is 416 g/mol. The van der Waals surface area contributed by atoms with Crippen LogP contribution in [0, 0.1) is 17.1 Å². The highest BCUT2D eigenvalue weighted by molar-refractivity contribution is 5.68. The van der Waals surface area contributed by atoms with Gasteiger partial charge in [-0.1, -0.05) is 6.07 Å². The van der Waals surface area contributed by atoms with Crippen LogP contribution in [0.4, 0.5) is 4.39 Å². The molecule has 3 aromatic heterocycles. The van der Waals surface area contributed by atoms with Gasteiger partial charge in [0.05, 0.1) is 37.1 Å². The second-order valence-corrected chi connectivity index (χ2v) is 7.26. The molecule has 0 saturated heterocycles. The molecule has 4 aromatic rings. The Kier molecular flexibility index (Phi) is 4.47. The lowest BCUT2D eigenvalue weighted by Gasteiger charge is -2.11. The van der Waals surface area contributed by atoms with E-state index in [2.05, 4.69) is 20.1 Å². The van der Waals surface area contributed by atoms with Crippen molar-refractivity contribution in [2.75, 3.05) is 14.2 Å². The Morgan fingerprint density at radius 2 is 1.97 bits per heavy atom. The summed E-state index contributed by atoms with van der Waals surface area (Å²) in [4.78, 5) is 12.9. The summed E-state index contributed by atoms with van der Waals surface area (Å²) in [5.41, 5.74) is 3.83. The van der Waals surface area contributed by atoms with Crippen molar-refractivity contribution >= 4 is 5.65 Å². The van der Waals surface area contributed by atoms with Crippen molar-refractivity contribution in [1.29, 1.82) is 5.26 Å². The van der Waals surface area contributed by atoms with Gasteiger partial charge in [0.15, 0.2) is 5.65 Å². The normalized spacial score (nSPS) is 17.4. The summed E-state index contributed by atoms with van der Waals surface area (Å²) >= 11 is 0. The van der Waals surface area contributed by atoms with Crippen molar-refractivity contribution in [3.63, 3.8) is 0 Å². The van der Waals surface area contributed by atoms with E-state index >= 15 is 0 Å². The fourth-order valence-electron chi connectivity index (χ4n) is 3.91. The van der Waals surface area contributed by atoms with Crippen molar-refractivity contribution in [1.82, 2.24) is 24.6 Å². The number of ether oxygens (including phenoxy) is 2. The Hall–Kier alpha value is -4.06. The number of hydrogen-bond acceptors (Lipinski definition) is 7. The van der Waals surface area contributed by atoms with Crippen LogP contribution in [-0.4, -0.2) is 38.8 Å². The van der Waals surface area contributed by atoms with E-state index in [1.54, 1.807) is 35.2 Å². The fraction of sp³-hybridized carbons (Fsp3) is 0.227. The molecule has 0 aliphatic heterocycles. The number of rotatable bonds is 5. The molecular weight excluding hydrogens is 399 g/mol. The molecule has 0 spiro atoms. The molecule has 154 valence electrons. The molecule has 5 rings (SSSR count). The molecule has 0 bridgehead atoms. The van der Waals surface area contributed by atoms with Crippen LogP contribution in [0.25, 0.3) is 16.9 Å². The minimum absolute atomic E-state index is 0.0116. The highest BCUT2D eigenvalue weighted by Crippen LogP contribution is 2.56.